The van der Waals surface area contributed by atoms with Crippen molar-refractivity contribution in [1.82, 2.24) is 19.8 Å². The van der Waals surface area contributed by atoms with Crippen LogP contribution < -0.4 is 5.32 Å². The Hall–Kier alpha value is -3.19. The molecule has 0 saturated heterocycles. The molecule has 1 aromatic heterocycles. The van der Waals surface area contributed by atoms with Crippen molar-refractivity contribution in [3.8, 4) is 0 Å². The molecule has 30 heavy (non-hydrogen) atoms. The highest BCUT2D eigenvalue weighted by molar-refractivity contribution is 6.01. The maximum absolute atomic E-state index is 13.0. The number of ether oxygens (including phenoxy) is 1. The number of hydrogen-bond acceptors (Lipinski definition) is 4. The first kappa shape index (κ1) is 20.1. The van der Waals surface area contributed by atoms with Crippen molar-refractivity contribution in [3.05, 3.63) is 65.5 Å². The lowest BCUT2D eigenvalue weighted by Gasteiger charge is -2.25. The number of benzene rings is 2. The second-order valence-corrected chi connectivity index (χ2v) is 7.60. The predicted octanol–water partition coefficient (Wildman–Crippen LogP) is 2.90. The highest BCUT2D eigenvalue weighted by atomic mass is 16.5. The molecule has 0 fully saturated rings. The predicted molar refractivity (Wildman–Crippen MR) is 114 cm³/mol. The van der Waals surface area contributed by atoms with Crippen LogP contribution in [0.5, 0.6) is 0 Å². The average molecular weight is 406 g/mol. The minimum Gasteiger partial charge on any atom is -0.383 e. The van der Waals surface area contributed by atoms with E-state index in [-0.39, 0.29) is 17.9 Å². The third-order valence-corrected chi connectivity index (χ3v) is 5.65. The second kappa shape index (κ2) is 8.28. The second-order valence-electron chi connectivity index (χ2n) is 7.60. The molecule has 156 valence electrons. The van der Waals surface area contributed by atoms with E-state index in [4.69, 9.17) is 9.72 Å². The molecule has 1 aliphatic rings. The Balaban J connectivity index is 1.52. The Morgan fingerprint density at radius 3 is 2.67 bits per heavy atom. The Kier molecular flexibility index (Phi) is 5.55. The highest BCUT2D eigenvalue weighted by Crippen LogP contribution is 2.25. The zero-order chi connectivity index (χ0) is 21.3. The van der Waals surface area contributed by atoms with Crippen molar-refractivity contribution >= 4 is 22.8 Å². The summed E-state index contributed by atoms with van der Waals surface area (Å²) in [6.07, 6.45) is 0. The van der Waals surface area contributed by atoms with E-state index in [0.29, 0.717) is 25.3 Å². The Labute approximate surface area is 175 Å². The number of hydrogen-bond donors (Lipinski definition) is 1. The van der Waals surface area contributed by atoms with E-state index in [0.717, 1.165) is 22.4 Å². The fourth-order valence-corrected chi connectivity index (χ4v) is 3.97. The first-order valence-electron chi connectivity index (χ1n) is 10.1. The molecule has 0 spiro atoms. The van der Waals surface area contributed by atoms with Gasteiger partial charge in [0, 0.05) is 25.8 Å². The van der Waals surface area contributed by atoms with Crippen LogP contribution in [0.25, 0.3) is 11.0 Å². The van der Waals surface area contributed by atoms with Crippen LogP contribution in [0.15, 0.2) is 48.5 Å². The lowest BCUT2D eigenvalue weighted by Crippen LogP contribution is -2.46. The highest BCUT2D eigenvalue weighted by Gasteiger charge is 2.34. The number of nitrogens with zero attached hydrogens (tertiary/aromatic N) is 3. The molecule has 0 unspecified atom stereocenters. The Morgan fingerprint density at radius 2 is 1.90 bits per heavy atom. The summed E-state index contributed by atoms with van der Waals surface area (Å²) in [5.74, 6) is 0.465. The molecular weight excluding hydrogens is 380 g/mol. The molecule has 3 aromatic rings. The van der Waals surface area contributed by atoms with Gasteiger partial charge in [0.25, 0.3) is 5.91 Å². The van der Waals surface area contributed by atoms with Crippen LogP contribution in [0.3, 0.4) is 0 Å². The van der Waals surface area contributed by atoms with E-state index < -0.39 is 6.04 Å². The maximum atomic E-state index is 13.0. The van der Waals surface area contributed by atoms with E-state index in [1.54, 1.807) is 18.9 Å². The third kappa shape index (κ3) is 3.57. The smallest absolute Gasteiger partial charge is 0.255 e. The van der Waals surface area contributed by atoms with Gasteiger partial charge >= 0.3 is 0 Å². The van der Waals surface area contributed by atoms with E-state index in [2.05, 4.69) is 9.88 Å². The van der Waals surface area contributed by atoms with Gasteiger partial charge in [-0.1, -0.05) is 30.3 Å². The van der Waals surface area contributed by atoms with Gasteiger partial charge in [-0.15, -0.1) is 0 Å². The van der Waals surface area contributed by atoms with Gasteiger partial charge in [0.15, 0.2) is 0 Å². The quantitative estimate of drug-likeness (QED) is 0.655. The van der Waals surface area contributed by atoms with Crippen LogP contribution in [-0.4, -0.2) is 46.0 Å². The first-order valence-corrected chi connectivity index (χ1v) is 10.1. The van der Waals surface area contributed by atoms with Gasteiger partial charge < -0.3 is 19.5 Å². The lowest BCUT2D eigenvalue weighted by molar-refractivity contribution is -0.125. The topological polar surface area (TPSA) is 76.5 Å². The molecule has 0 aliphatic carbocycles. The number of amides is 2. The summed E-state index contributed by atoms with van der Waals surface area (Å²) in [5.41, 5.74) is 3.51. The molecule has 0 bridgehead atoms. The molecule has 2 atom stereocenters. The van der Waals surface area contributed by atoms with Gasteiger partial charge in [0.2, 0.25) is 5.91 Å². The number of aromatic nitrogens is 2. The molecule has 1 aliphatic heterocycles. The summed E-state index contributed by atoms with van der Waals surface area (Å²) < 4.78 is 7.32. The summed E-state index contributed by atoms with van der Waals surface area (Å²) >= 11 is 0. The van der Waals surface area contributed by atoms with E-state index in [1.807, 2.05) is 55.5 Å². The van der Waals surface area contributed by atoms with Crippen LogP contribution in [0, 0.1) is 0 Å². The number of imidazole rings is 1. The zero-order valence-corrected chi connectivity index (χ0v) is 17.5. The fourth-order valence-electron chi connectivity index (χ4n) is 3.97. The summed E-state index contributed by atoms with van der Waals surface area (Å²) in [7, 11) is 1.66. The average Bonchev–Trinajstić information content (AvgIpc) is 3.30. The molecule has 2 amide bonds. The number of fused-ring (bicyclic) bond motifs is 2. The monoisotopic (exact) mass is 406 g/mol. The van der Waals surface area contributed by atoms with E-state index in [9.17, 15) is 9.59 Å². The van der Waals surface area contributed by atoms with Gasteiger partial charge in [0.05, 0.1) is 23.7 Å². The summed E-state index contributed by atoms with van der Waals surface area (Å²) in [6.45, 7) is 5.31. The molecule has 4 rings (SSSR count). The molecule has 1 N–H and O–H groups in total. The fraction of sp³-hybridized carbons (Fsp3) is 0.348. The van der Waals surface area contributed by atoms with Gasteiger partial charge in [-0.25, -0.2) is 4.98 Å². The van der Waals surface area contributed by atoms with Crippen LogP contribution in [0.4, 0.5) is 0 Å². The first-order chi connectivity index (χ1) is 14.5. The normalized spacial score (nSPS) is 15.3. The number of carbonyl (C=O) groups is 2. The van der Waals surface area contributed by atoms with Crippen LogP contribution >= 0.6 is 0 Å². The molecule has 7 heteroatoms. The van der Waals surface area contributed by atoms with Crippen molar-refractivity contribution in [2.75, 3.05) is 13.7 Å². The third-order valence-electron chi connectivity index (χ3n) is 5.65. The lowest BCUT2D eigenvalue weighted by atomic mass is 10.1. The van der Waals surface area contributed by atoms with Crippen LogP contribution in [0.1, 0.15) is 41.6 Å². The maximum Gasteiger partial charge on any atom is 0.255 e. The largest absolute Gasteiger partial charge is 0.383 e. The Bertz CT molecular complexity index is 1090. The van der Waals surface area contributed by atoms with Crippen molar-refractivity contribution in [2.45, 2.75) is 39.0 Å². The molecular formula is C23H26N4O3. The summed E-state index contributed by atoms with van der Waals surface area (Å²) in [6, 6.07) is 14.5. The van der Waals surface area contributed by atoms with Gasteiger partial charge in [-0.2, -0.15) is 0 Å². The number of para-hydroxylation sites is 2. The van der Waals surface area contributed by atoms with Crippen molar-refractivity contribution in [2.24, 2.45) is 0 Å². The minimum absolute atomic E-state index is 0.103. The minimum atomic E-state index is -0.579. The standard InChI is InChI=1S/C23H26N4O3/c1-15(21-25-19-10-6-7-11-20(19)26(21)12-13-30-3)24-22(28)16(2)27-14-17-8-4-5-9-18(17)23(27)29/h4-11,15-16H,12-14H2,1-3H3,(H,24,28)/t15-,16+/m1/s1. The number of carbonyl (C=O) groups excluding carboxylic acids is 2. The van der Waals surface area contributed by atoms with Gasteiger partial charge in [0.1, 0.15) is 11.9 Å². The zero-order valence-electron chi connectivity index (χ0n) is 17.5. The molecule has 2 aromatic carbocycles. The van der Waals surface area contributed by atoms with Crippen molar-refractivity contribution in [3.63, 3.8) is 0 Å². The number of methoxy groups -OCH3 is 1. The molecule has 0 radical (unpaired) electrons. The Morgan fingerprint density at radius 1 is 1.17 bits per heavy atom. The molecule has 7 nitrogen and oxygen atoms in total. The summed E-state index contributed by atoms with van der Waals surface area (Å²) in [5, 5.41) is 3.04. The molecule has 0 saturated carbocycles. The van der Waals surface area contributed by atoms with E-state index >= 15 is 0 Å². The van der Waals surface area contributed by atoms with Crippen molar-refractivity contribution in [1.29, 1.82) is 0 Å². The number of nitrogens with one attached hydrogen (secondary N) is 1. The molecule has 2 heterocycles. The van der Waals surface area contributed by atoms with Gasteiger partial charge in [-0.3, -0.25) is 9.59 Å². The SMILES string of the molecule is COCCn1c([C@@H](C)NC(=O)[C@H](C)N2Cc3ccccc3C2=O)nc2ccccc21. The van der Waals surface area contributed by atoms with Crippen molar-refractivity contribution < 1.29 is 14.3 Å². The van der Waals surface area contributed by atoms with E-state index in [1.165, 1.54) is 0 Å². The van der Waals surface area contributed by atoms with Gasteiger partial charge in [-0.05, 0) is 37.6 Å². The number of rotatable bonds is 7. The summed E-state index contributed by atoms with van der Waals surface area (Å²) in [4.78, 5) is 32.0. The van der Waals surface area contributed by atoms with Crippen LogP contribution in [-0.2, 0) is 22.6 Å². The van der Waals surface area contributed by atoms with Crippen LogP contribution in [0.2, 0.25) is 0 Å².